The molecule has 0 fully saturated rings. The summed E-state index contributed by atoms with van der Waals surface area (Å²) in [6, 6.07) is 18.6. The number of carbonyl (C=O) groups is 2. The van der Waals surface area contributed by atoms with Gasteiger partial charge in [-0.2, -0.15) is 0 Å². The summed E-state index contributed by atoms with van der Waals surface area (Å²) in [5.41, 5.74) is 1.62. The fourth-order valence-electron chi connectivity index (χ4n) is 2.75. The molecule has 0 spiro atoms. The normalized spacial score (nSPS) is 10.3. The van der Waals surface area contributed by atoms with Crippen molar-refractivity contribution in [3.8, 4) is 5.75 Å². The smallest absolute Gasteiger partial charge is 0.331 e. The van der Waals surface area contributed by atoms with Crippen LogP contribution >= 0.6 is 12.8 Å². The van der Waals surface area contributed by atoms with Crippen molar-refractivity contribution in [2.45, 2.75) is 6.42 Å². The molecule has 30 heavy (non-hydrogen) atoms. The molecule has 0 aromatic heterocycles. The Hall–Kier alpha value is -3.52. The molecule has 154 valence electrons. The van der Waals surface area contributed by atoms with Crippen LogP contribution in [0.25, 0.3) is 0 Å². The fourth-order valence-corrected chi connectivity index (χ4v) is 2.95. The topological polar surface area (TPSA) is 81.7 Å². The molecule has 0 aliphatic carbocycles. The van der Waals surface area contributed by atoms with E-state index in [0.29, 0.717) is 24.3 Å². The monoisotopic (exact) mass is 425 g/mol. The van der Waals surface area contributed by atoms with Crippen LogP contribution < -0.4 is 14.9 Å². The predicted molar refractivity (Wildman–Crippen MR) is 117 cm³/mol. The highest BCUT2D eigenvalue weighted by Crippen LogP contribution is 2.21. The third kappa shape index (κ3) is 5.30. The average Bonchev–Trinajstić information content (AvgIpc) is 2.75. The van der Waals surface area contributed by atoms with Crippen molar-refractivity contribution in [2.75, 3.05) is 16.2 Å². The zero-order chi connectivity index (χ0) is 21.5. The lowest BCUT2D eigenvalue weighted by molar-refractivity contribution is 0.102. The van der Waals surface area contributed by atoms with Crippen LogP contribution in [0.3, 0.4) is 0 Å². The molecule has 0 aliphatic rings. The van der Waals surface area contributed by atoms with Crippen LogP contribution in [0.1, 0.15) is 15.9 Å². The maximum Gasteiger partial charge on any atom is 0.331 e. The first-order valence-corrected chi connectivity index (χ1v) is 9.55. The van der Waals surface area contributed by atoms with Gasteiger partial charge in [0.1, 0.15) is 11.6 Å². The first kappa shape index (κ1) is 21.2. The summed E-state index contributed by atoms with van der Waals surface area (Å²) < 4.78 is 14.8. The lowest BCUT2D eigenvalue weighted by Crippen LogP contribution is -2.35. The summed E-state index contributed by atoms with van der Waals surface area (Å²) in [6.07, 6.45) is 0.473. The van der Waals surface area contributed by atoms with Gasteiger partial charge in [0.15, 0.2) is 0 Å². The molecule has 6 nitrogen and oxygen atoms in total. The van der Waals surface area contributed by atoms with Crippen LogP contribution in [0.15, 0.2) is 72.8 Å². The van der Waals surface area contributed by atoms with Gasteiger partial charge in [0, 0.05) is 12.2 Å². The van der Waals surface area contributed by atoms with Gasteiger partial charge in [-0.1, -0.05) is 43.1 Å². The zero-order valence-corrected chi connectivity index (χ0v) is 16.8. The van der Waals surface area contributed by atoms with Gasteiger partial charge < -0.3 is 15.7 Å². The van der Waals surface area contributed by atoms with Gasteiger partial charge in [-0.15, -0.1) is 0 Å². The first-order chi connectivity index (χ1) is 14.5. The van der Waals surface area contributed by atoms with Gasteiger partial charge in [-0.05, 0) is 54.4 Å². The molecule has 0 radical (unpaired) electrons. The molecule has 3 aromatic rings. The summed E-state index contributed by atoms with van der Waals surface area (Å²) in [5.74, 6) is -0.985. The van der Waals surface area contributed by atoms with E-state index in [2.05, 4.69) is 23.4 Å². The second-order valence-electron chi connectivity index (χ2n) is 6.40. The third-order valence-electron chi connectivity index (χ3n) is 4.34. The average molecular weight is 425 g/mol. The number of carbonyl (C=O) groups excluding carboxylic acids is 2. The molecule has 0 saturated carbocycles. The van der Waals surface area contributed by atoms with E-state index in [1.54, 1.807) is 48.5 Å². The summed E-state index contributed by atoms with van der Waals surface area (Å²) >= 11 is 4.20. The predicted octanol–water partition coefficient (Wildman–Crippen LogP) is 4.39. The van der Waals surface area contributed by atoms with Crippen LogP contribution in [0.4, 0.5) is 20.6 Å². The van der Waals surface area contributed by atoms with Gasteiger partial charge in [-0.3, -0.25) is 4.79 Å². The van der Waals surface area contributed by atoms with Gasteiger partial charge in [-0.25, -0.2) is 13.5 Å². The number of hydrogen-bond donors (Lipinski definition) is 4. The van der Waals surface area contributed by atoms with Crippen LogP contribution in [-0.4, -0.2) is 23.6 Å². The number of rotatable bonds is 6. The minimum Gasteiger partial charge on any atom is -0.508 e. The Labute approximate surface area is 178 Å². The van der Waals surface area contributed by atoms with Crippen molar-refractivity contribution in [3.05, 3.63) is 89.7 Å². The standard InChI is InChI=1S/C22H20FN3O3S/c23-19-7-3-2-6-18(19)21(28)25-16-9-11-17(12-10-16)26(30)22(29)24-14-13-15-5-1-4-8-20(15)27/h1-12,27,30H,13-14H2,(H,24,29)(H,25,28). The van der Waals surface area contributed by atoms with E-state index in [1.165, 1.54) is 18.2 Å². The molecule has 3 N–H and O–H groups in total. The van der Waals surface area contributed by atoms with E-state index < -0.39 is 17.8 Å². The number of nitrogens with one attached hydrogen (secondary N) is 2. The Morgan fingerprint density at radius 1 is 0.967 bits per heavy atom. The molecule has 3 amide bonds. The maximum atomic E-state index is 13.7. The van der Waals surface area contributed by atoms with Gasteiger partial charge in [0.2, 0.25) is 0 Å². The number of hydrogen-bond acceptors (Lipinski definition) is 4. The number of thiol groups is 1. The van der Waals surface area contributed by atoms with E-state index in [9.17, 15) is 19.1 Å². The Bertz CT molecular complexity index is 1040. The number of aromatic hydroxyl groups is 1. The SMILES string of the molecule is O=C(Nc1ccc(N(S)C(=O)NCCc2ccccc2O)cc1)c1ccccc1F. The molecule has 3 rings (SSSR count). The Morgan fingerprint density at radius 3 is 2.33 bits per heavy atom. The molecular weight excluding hydrogens is 405 g/mol. The number of anilines is 2. The third-order valence-corrected chi connectivity index (χ3v) is 4.76. The van der Waals surface area contributed by atoms with Crippen molar-refractivity contribution >= 4 is 36.1 Å². The fraction of sp³-hybridized carbons (Fsp3) is 0.0909. The van der Waals surface area contributed by atoms with Crippen LogP contribution in [-0.2, 0) is 6.42 Å². The second-order valence-corrected chi connectivity index (χ2v) is 6.80. The van der Waals surface area contributed by atoms with E-state index in [0.717, 1.165) is 9.87 Å². The highest BCUT2D eigenvalue weighted by atomic mass is 32.1. The summed E-state index contributed by atoms with van der Waals surface area (Å²) in [5, 5.41) is 15.1. The van der Waals surface area contributed by atoms with Crippen LogP contribution in [0.5, 0.6) is 5.75 Å². The first-order valence-electron chi connectivity index (χ1n) is 9.15. The van der Waals surface area contributed by atoms with E-state index in [4.69, 9.17) is 0 Å². The van der Waals surface area contributed by atoms with Crippen molar-refractivity contribution < 1.29 is 19.1 Å². The minimum atomic E-state index is -0.603. The Kier molecular flexibility index (Phi) is 6.92. The number of phenolic OH excluding ortho intramolecular Hbond substituents is 1. The largest absolute Gasteiger partial charge is 0.508 e. The molecule has 0 bridgehead atoms. The number of halogens is 1. The second kappa shape index (κ2) is 9.80. The van der Waals surface area contributed by atoms with Gasteiger partial charge in [0.25, 0.3) is 5.91 Å². The van der Waals surface area contributed by atoms with E-state index >= 15 is 0 Å². The number of para-hydroxylation sites is 1. The number of benzene rings is 3. The van der Waals surface area contributed by atoms with Gasteiger partial charge >= 0.3 is 6.03 Å². The Balaban J connectivity index is 1.54. The molecule has 0 unspecified atom stereocenters. The Morgan fingerprint density at radius 2 is 1.63 bits per heavy atom. The van der Waals surface area contributed by atoms with Crippen molar-refractivity contribution in [1.82, 2.24) is 5.32 Å². The zero-order valence-electron chi connectivity index (χ0n) is 15.9. The van der Waals surface area contributed by atoms with Crippen LogP contribution in [0.2, 0.25) is 0 Å². The lowest BCUT2D eigenvalue weighted by atomic mass is 10.1. The maximum absolute atomic E-state index is 13.7. The molecule has 0 atom stereocenters. The molecule has 8 heteroatoms. The van der Waals surface area contributed by atoms with Crippen molar-refractivity contribution in [2.24, 2.45) is 0 Å². The molecule has 0 heterocycles. The quantitative estimate of drug-likeness (QED) is 0.442. The number of urea groups is 1. The van der Waals surface area contributed by atoms with E-state index in [1.807, 2.05) is 6.07 Å². The van der Waals surface area contributed by atoms with Crippen LogP contribution in [0, 0.1) is 5.82 Å². The summed E-state index contributed by atoms with van der Waals surface area (Å²) in [6.45, 7) is 0.324. The van der Waals surface area contributed by atoms with E-state index in [-0.39, 0.29) is 11.3 Å². The minimum absolute atomic E-state index is 0.0544. The number of nitrogens with zero attached hydrogens (tertiary/aromatic N) is 1. The summed E-state index contributed by atoms with van der Waals surface area (Å²) in [7, 11) is 0. The lowest BCUT2D eigenvalue weighted by Gasteiger charge is -2.17. The highest BCUT2D eigenvalue weighted by molar-refractivity contribution is 7.82. The molecule has 3 aromatic carbocycles. The van der Waals surface area contributed by atoms with Crippen molar-refractivity contribution in [1.29, 1.82) is 0 Å². The number of amides is 3. The van der Waals surface area contributed by atoms with Crippen molar-refractivity contribution in [3.63, 3.8) is 0 Å². The molecular formula is C22H20FN3O3S. The molecule has 0 saturated heterocycles. The highest BCUT2D eigenvalue weighted by Gasteiger charge is 2.14. The van der Waals surface area contributed by atoms with Gasteiger partial charge in [0.05, 0.1) is 11.3 Å². The number of phenols is 1. The summed E-state index contributed by atoms with van der Waals surface area (Å²) in [4.78, 5) is 24.4. The molecule has 0 aliphatic heterocycles.